The van der Waals surface area contributed by atoms with Gasteiger partial charge in [-0.1, -0.05) is 0 Å². The normalized spacial score (nSPS) is 13.9. The summed E-state index contributed by atoms with van der Waals surface area (Å²) in [6, 6.07) is 0.108. The highest BCUT2D eigenvalue weighted by atomic mass is 16.5. The number of hydrogen-bond acceptors (Lipinski definition) is 4. The molecule has 4 heteroatoms. The maximum Gasteiger partial charge on any atom is 0.106 e. The van der Waals surface area contributed by atoms with E-state index in [-0.39, 0.29) is 11.6 Å². The van der Waals surface area contributed by atoms with Crippen LogP contribution < -0.4 is 11.3 Å². The Balaban J connectivity index is 2.84. The monoisotopic (exact) mass is 254 g/mol. The van der Waals surface area contributed by atoms with E-state index in [9.17, 15) is 0 Å². The Hall–Kier alpha value is -0.840. The van der Waals surface area contributed by atoms with Crippen LogP contribution in [0.1, 0.15) is 55.4 Å². The van der Waals surface area contributed by atoms with E-state index in [4.69, 9.17) is 15.0 Å². The fraction of sp³-hybridized carbons (Fsp3) is 0.714. The van der Waals surface area contributed by atoms with Gasteiger partial charge in [0.25, 0.3) is 0 Å². The highest BCUT2D eigenvalue weighted by Gasteiger charge is 2.24. The average molecular weight is 254 g/mol. The first-order valence-electron chi connectivity index (χ1n) is 6.40. The van der Waals surface area contributed by atoms with Gasteiger partial charge in [0.05, 0.1) is 5.60 Å². The molecule has 1 atom stereocenters. The van der Waals surface area contributed by atoms with Crippen molar-refractivity contribution in [2.24, 2.45) is 5.84 Å². The molecule has 0 saturated heterocycles. The second-order valence-electron chi connectivity index (χ2n) is 5.47. The molecule has 0 aliphatic heterocycles. The van der Waals surface area contributed by atoms with Crippen molar-refractivity contribution in [1.82, 2.24) is 5.43 Å². The molecule has 0 amide bonds. The first kappa shape index (κ1) is 15.2. The van der Waals surface area contributed by atoms with Gasteiger partial charge in [-0.15, -0.1) is 0 Å². The molecule has 104 valence electrons. The van der Waals surface area contributed by atoms with Crippen LogP contribution in [-0.4, -0.2) is 12.7 Å². The molecule has 0 aliphatic rings. The zero-order chi connectivity index (χ0) is 13.9. The van der Waals surface area contributed by atoms with Crippen molar-refractivity contribution in [2.75, 3.05) is 7.11 Å². The Morgan fingerprint density at radius 3 is 2.28 bits per heavy atom. The molecule has 1 aromatic heterocycles. The Kier molecular flexibility index (Phi) is 4.96. The van der Waals surface area contributed by atoms with Gasteiger partial charge >= 0.3 is 0 Å². The minimum absolute atomic E-state index is 0.108. The highest BCUT2D eigenvalue weighted by Crippen LogP contribution is 2.31. The molecule has 1 aromatic rings. The Morgan fingerprint density at radius 2 is 1.89 bits per heavy atom. The van der Waals surface area contributed by atoms with Gasteiger partial charge in [0.1, 0.15) is 11.5 Å². The molecular weight excluding hydrogens is 228 g/mol. The van der Waals surface area contributed by atoms with E-state index in [1.165, 1.54) is 11.1 Å². The van der Waals surface area contributed by atoms with Crippen molar-refractivity contribution < 1.29 is 9.15 Å². The van der Waals surface area contributed by atoms with Gasteiger partial charge in [-0.3, -0.25) is 11.3 Å². The molecule has 0 fully saturated rings. The Bertz CT molecular complexity index is 397. The zero-order valence-electron chi connectivity index (χ0n) is 12.4. The molecule has 18 heavy (non-hydrogen) atoms. The van der Waals surface area contributed by atoms with Crippen LogP contribution in [0, 0.1) is 20.8 Å². The minimum atomic E-state index is -0.129. The second-order valence-corrected chi connectivity index (χ2v) is 5.47. The van der Waals surface area contributed by atoms with Gasteiger partial charge in [-0.05, 0) is 53.0 Å². The maximum atomic E-state index is 5.69. The van der Waals surface area contributed by atoms with Crippen LogP contribution in [0.5, 0.6) is 0 Å². The average Bonchev–Trinajstić information content (AvgIpc) is 2.56. The van der Waals surface area contributed by atoms with Crippen molar-refractivity contribution in [3.8, 4) is 0 Å². The fourth-order valence-corrected chi connectivity index (χ4v) is 2.23. The second kappa shape index (κ2) is 5.87. The van der Waals surface area contributed by atoms with Crippen molar-refractivity contribution in [2.45, 2.75) is 59.1 Å². The van der Waals surface area contributed by atoms with Crippen LogP contribution in [-0.2, 0) is 4.74 Å². The number of methoxy groups -OCH3 is 1. The molecule has 0 aliphatic carbocycles. The Morgan fingerprint density at radius 1 is 1.28 bits per heavy atom. The van der Waals surface area contributed by atoms with Gasteiger partial charge < -0.3 is 9.15 Å². The largest absolute Gasteiger partial charge is 0.466 e. The van der Waals surface area contributed by atoms with Crippen molar-refractivity contribution in [1.29, 1.82) is 0 Å². The van der Waals surface area contributed by atoms with Crippen molar-refractivity contribution >= 4 is 0 Å². The summed E-state index contributed by atoms with van der Waals surface area (Å²) < 4.78 is 11.1. The van der Waals surface area contributed by atoms with Crippen LogP contribution in [0.25, 0.3) is 0 Å². The quantitative estimate of drug-likeness (QED) is 0.605. The topological polar surface area (TPSA) is 60.4 Å². The molecule has 1 heterocycles. The number of hydrazine groups is 1. The number of nitrogens with two attached hydrogens (primary N) is 1. The predicted octanol–water partition coefficient (Wildman–Crippen LogP) is 2.91. The lowest BCUT2D eigenvalue weighted by Crippen LogP contribution is -2.31. The van der Waals surface area contributed by atoms with Crippen LogP contribution in [0.4, 0.5) is 0 Å². The summed E-state index contributed by atoms with van der Waals surface area (Å²) in [6.07, 6.45) is 1.85. The number of nitrogens with one attached hydrogen (secondary N) is 1. The van der Waals surface area contributed by atoms with Crippen LogP contribution in [0.3, 0.4) is 0 Å². The van der Waals surface area contributed by atoms with Crippen LogP contribution in [0.2, 0.25) is 0 Å². The molecule has 0 bridgehead atoms. The van der Waals surface area contributed by atoms with E-state index in [0.717, 1.165) is 24.4 Å². The zero-order valence-corrected chi connectivity index (χ0v) is 12.4. The summed E-state index contributed by atoms with van der Waals surface area (Å²) in [7, 11) is 1.74. The third-order valence-electron chi connectivity index (χ3n) is 3.75. The van der Waals surface area contributed by atoms with E-state index in [2.05, 4.69) is 26.2 Å². The number of rotatable bonds is 6. The van der Waals surface area contributed by atoms with Gasteiger partial charge in [0.15, 0.2) is 0 Å². The summed E-state index contributed by atoms with van der Waals surface area (Å²) in [4.78, 5) is 0. The number of hydrogen-bond donors (Lipinski definition) is 2. The smallest absolute Gasteiger partial charge is 0.106 e. The highest BCUT2D eigenvalue weighted by molar-refractivity contribution is 5.34. The summed E-state index contributed by atoms with van der Waals surface area (Å²) >= 11 is 0. The standard InChI is InChI=1S/C14H26N2O2/c1-9-10(2)18-11(3)13(9)12(16-15)7-8-14(4,5)17-6/h12,16H,7-8,15H2,1-6H3. The SMILES string of the molecule is COC(C)(C)CCC(NN)c1c(C)oc(C)c1C. The number of ether oxygens (including phenoxy) is 1. The predicted molar refractivity (Wildman–Crippen MR) is 73.3 cm³/mol. The molecule has 3 N–H and O–H groups in total. The summed E-state index contributed by atoms with van der Waals surface area (Å²) in [5, 5.41) is 0. The lowest BCUT2D eigenvalue weighted by molar-refractivity contribution is 0.0116. The lowest BCUT2D eigenvalue weighted by atomic mass is 9.93. The summed E-state index contributed by atoms with van der Waals surface area (Å²) in [5.41, 5.74) is 5.13. The Labute approximate surface area is 110 Å². The summed E-state index contributed by atoms with van der Waals surface area (Å²) in [6.45, 7) is 10.2. The van der Waals surface area contributed by atoms with E-state index < -0.39 is 0 Å². The van der Waals surface area contributed by atoms with Gasteiger partial charge in [-0.25, -0.2) is 0 Å². The van der Waals surface area contributed by atoms with Crippen molar-refractivity contribution in [3.05, 3.63) is 22.6 Å². The molecule has 0 aromatic carbocycles. The van der Waals surface area contributed by atoms with E-state index >= 15 is 0 Å². The van der Waals surface area contributed by atoms with Crippen molar-refractivity contribution in [3.63, 3.8) is 0 Å². The van der Waals surface area contributed by atoms with Crippen LogP contribution in [0.15, 0.2) is 4.42 Å². The lowest BCUT2D eigenvalue weighted by Gasteiger charge is -2.26. The third-order valence-corrected chi connectivity index (χ3v) is 3.75. The van der Waals surface area contributed by atoms with Gasteiger partial charge in [0, 0.05) is 18.7 Å². The molecule has 4 nitrogen and oxygen atoms in total. The van der Waals surface area contributed by atoms with E-state index in [1.807, 2.05) is 13.8 Å². The number of aryl methyl sites for hydroxylation is 2. The third kappa shape index (κ3) is 3.34. The van der Waals surface area contributed by atoms with E-state index in [0.29, 0.717) is 0 Å². The minimum Gasteiger partial charge on any atom is -0.466 e. The molecule has 0 radical (unpaired) electrons. The first-order chi connectivity index (χ1) is 8.32. The molecule has 0 spiro atoms. The number of furan rings is 1. The van der Waals surface area contributed by atoms with Gasteiger partial charge in [0.2, 0.25) is 0 Å². The first-order valence-corrected chi connectivity index (χ1v) is 6.40. The molecule has 1 unspecified atom stereocenters. The summed E-state index contributed by atoms with van der Waals surface area (Å²) in [5.74, 6) is 7.60. The molecule has 1 rings (SSSR count). The van der Waals surface area contributed by atoms with Gasteiger partial charge in [-0.2, -0.15) is 0 Å². The maximum absolute atomic E-state index is 5.69. The van der Waals surface area contributed by atoms with Crippen LogP contribution >= 0.6 is 0 Å². The van der Waals surface area contributed by atoms with E-state index in [1.54, 1.807) is 7.11 Å². The molecular formula is C14H26N2O2. The molecule has 0 saturated carbocycles. The fourth-order valence-electron chi connectivity index (χ4n) is 2.23.